The fraction of sp³-hybridized carbons (Fsp3) is 0.625. The number of carbonyl (C=O) groups excluding carboxylic acids is 2. The second-order valence-electron chi connectivity index (χ2n) is 5.60. The van der Waals surface area contributed by atoms with Crippen molar-refractivity contribution in [3.8, 4) is 0 Å². The highest BCUT2D eigenvalue weighted by molar-refractivity contribution is 5.91. The summed E-state index contributed by atoms with van der Waals surface area (Å²) >= 11 is 0. The third kappa shape index (κ3) is 4.59. The average Bonchev–Trinajstić information content (AvgIpc) is 3.08. The highest BCUT2D eigenvalue weighted by Crippen LogP contribution is 2.11. The topological polar surface area (TPSA) is 79.8 Å². The van der Waals surface area contributed by atoms with E-state index in [1.165, 1.54) is 6.26 Å². The van der Waals surface area contributed by atoms with Gasteiger partial charge in [0.25, 0.3) is 5.91 Å². The van der Waals surface area contributed by atoms with Crippen LogP contribution in [0.2, 0.25) is 0 Å². The SMILES string of the molecule is NCCCCCCC(=O)N1CCN(C(=O)c2ccco2)CC1. The van der Waals surface area contributed by atoms with Crippen molar-refractivity contribution in [3.63, 3.8) is 0 Å². The number of piperazine rings is 1. The first-order valence-electron chi connectivity index (χ1n) is 8.03. The lowest BCUT2D eigenvalue weighted by molar-refractivity contribution is -0.132. The van der Waals surface area contributed by atoms with Crippen LogP contribution >= 0.6 is 0 Å². The van der Waals surface area contributed by atoms with Crippen LogP contribution in [0.25, 0.3) is 0 Å². The molecule has 22 heavy (non-hydrogen) atoms. The summed E-state index contributed by atoms with van der Waals surface area (Å²) in [5, 5.41) is 0. The molecule has 2 rings (SSSR count). The molecule has 1 fully saturated rings. The summed E-state index contributed by atoms with van der Waals surface area (Å²) in [6.07, 6.45) is 6.19. The molecule has 2 heterocycles. The molecule has 0 aliphatic carbocycles. The number of rotatable bonds is 7. The Morgan fingerprint density at radius 1 is 1.05 bits per heavy atom. The van der Waals surface area contributed by atoms with Gasteiger partial charge in [-0.3, -0.25) is 9.59 Å². The molecule has 0 spiro atoms. The van der Waals surface area contributed by atoms with Crippen molar-refractivity contribution >= 4 is 11.8 Å². The van der Waals surface area contributed by atoms with E-state index >= 15 is 0 Å². The van der Waals surface area contributed by atoms with Gasteiger partial charge in [-0.1, -0.05) is 12.8 Å². The van der Waals surface area contributed by atoms with Gasteiger partial charge in [0, 0.05) is 32.6 Å². The number of hydrogen-bond acceptors (Lipinski definition) is 4. The van der Waals surface area contributed by atoms with Crippen molar-refractivity contribution < 1.29 is 14.0 Å². The summed E-state index contributed by atoms with van der Waals surface area (Å²) in [7, 11) is 0. The lowest BCUT2D eigenvalue weighted by Gasteiger charge is -2.34. The second-order valence-corrected chi connectivity index (χ2v) is 5.60. The van der Waals surface area contributed by atoms with Crippen LogP contribution in [0, 0.1) is 0 Å². The Kier molecular flexibility index (Phi) is 6.45. The molecule has 0 bridgehead atoms. The zero-order valence-corrected chi connectivity index (χ0v) is 13.0. The van der Waals surface area contributed by atoms with Gasteiger partial charge in [0.1, 0.15) is 0 Å². The number of nitrogens with zero attached hydrogens (tertiary/aromatic N) is 2. The summed E-state index contributed by atoms with van der Waals surface area (Å²) in [5.74, 6) is 0.455. The Hall–Kier alpha value is -1.82. The van der Waals surface area contributed by atoms with E-state index in [-0.39, 0.29) is 11.8 Å². The van der Waals surface area contributed by atoms with Crippen LogP contribution in [-0.2, 0) is 4.79 Å². The van der Waals surface area contributed by atoms with Crippen molar-refractivity contribution in [2.45, 2.75) is 32.1 Å². The Balaban J connectivity index is 1.68. The van der Waals surface area contributed by atoms with Gasteiger partial charge in [-0.05, 0) is 31.5 Å². The van der Waals surface area contributed by atoms with E-state index in [2.05, 4.69) is 0 Å². The molecule has 0 aromatic carbocycles. The maximum absolute atomic E-state index is 12.1. The molecule has 0 saturated carbocycles. The van der Waals surface area contributed by atoms with E-state index in [0.717, 1.165) is 32.2 Å². The van der Waals surface area contributed by atoms with Crippen molar-refractivity contribution in [2.75, 3.05) is 32.7 Å². The van der Waals surface area contributed by atoms with E-state index in [4.69, 9.17) is 10.2 Å². The van der Waals surface area contributed by atoms with Gasteiger partial charge in [0.2, 0.25) is 5.91 Å². The van der Waals surface area contributed by atoms with Crippen molar-refractivity contribution in [1.82, 2.24) is 9.80 Å². The minimum atomic E-state index is -0.0983. The quantitative estimate of drug-likeness (QED) is 0.774. The minimum Gasteiger partial charge on any atom is -0.459 e. The molecule has 2 N–H and O–H groups in total. The van der Waals surface area contributed by atoms with Crippen LogP contribution in [0.1, 0.15) is 42.7 Å². The fourth-order valence-corrected chi connectivity index (χ4v) is 2.65. The highest BCUT2D eigenvalue weighted by Gasteiger charge is 2.25. The van der Waals surface area contributed by atoms with Crippen LogP contribution < -0.4 is 5.73 Å². The summed E-state index contributed by atoms with van der Waals surface area (Å²) in [4.78, 5) is 27.8. The first kappa shape index (κ1) is 16.5. The summed E-state index contributed by atoms with van der Waals surface area (Å²) in [6, 6.07) is 3.37. The summed E-state index contributed by atoms with van der Waals surface area (Å²) in [5.41, 5.74) is 5.45. The van der Waals surface area contributed by atoms with Crippen molar-refractivity contribution in [2.24, 2.45) is 5.73 Å². The van der Waals surface area contributed by atoms with Gasteiger partial charge >= 0.3 is 0 Å². The summed E-state index contributed by atoms with van der Waals surface area (Å²) < 4.78 is 5.13. The predicted octanol–water partition coefficient (Wildman–Crippen LogP) is 1.47. The monoisotopic (exact) mass is 307 g/mol. The molecule has 1 aliphatic heterocycles. The smallest absolute Gasteiger partial charge is 0.289 e. The molecule has 6 nitrogen and oxygen atoms in total. The predicted molar refractivity (Wildman–Crippen MR) is 83.3 cm³/mol. The van der Waals surface area contributed by atoms with Crippen LogP contribution in [0.5, 0.6) is 0 Å². The molecule has 1 aromatic rings. The Morgan fingerprint density at radius 3 is 2.36 bits per heavy atom. The number of carbonyl (C=O) groups is 2. The van der Waals surface area contributed by atoms with Gasteiger partial charge < -0.3 is 20.0 Å². The lowest BCUT2D eigenvalue weighted by Crippen LogP contribution is -2.50. The molecule has 2 amide bonds. The fourth-order valence-electron chi connectivity index (χ4n) is 2.65. The van der Waals surface area contributed by atoms with Gasteiger partial charge in [0.05, 0.1) is 6.26 Å². The molecule has 0 unspecified atom stereocenters. The highest BCUT2D eigenvalue weighted by atomic mass is 16.3. The maximum Gasteiger partial charge on any atom is 0.289 e. The zero-order chi connectivity index (χ0) is 15.8. The van der Waals surface area contributed by atoms with E-state index in [0.29, 0.717) is 38.4 Å². The minimum absolute atomic E-state index is 0.0983. The second kappa shape index (κ2) is 8.58. The van der Waals surface area contributed by atoms with Crippen molar-refractivity contribution in [1.29, 1.82) is 0 Å². The third-order valence-electron chi connectivity index (χ3n) is 4.00. The van der Waals surface area contributed by atoms with Crippen LogP contribution in [0.4, 0.5) is 0 Å². The standard InChI is InChI=1S/C16H25N3O3/c17-8-4-2-1-3-7-15(20)18-9-11-19(12-10-18)16(21)14-6-5-13-22-14/h5-6,13H,1-4,7-12,17H2. The van der Waals surface area contributed by atoms with Gasteiger partial charge in [0.15, 0.2) is 5.76 Å². The Bertz CT molecular complexity index is 465. The number of nitrogens with two attached hydrogens (primary N) is 1. The Labute approximate surface area is 131 Å². The normalized spacial score (nSPS) is 15.1. The van der Waals surface area contributed by atoms with Crippen LogP contribution in [0.15, 0.2) is 22.8 Å². The largest absolute Gasteiger partial charge is 0.459 e. The van der Waals surface area contributed by atoms with E-state index < -0.39 is 0 Å². The van der Waals surface area contributed by atoms with E-state index in [1.54, 1.807) is 17.0 Å². The van der Waals surface area contributed by atoms with Crippen LogP contribution in [-0.4, -0.2) is 54.3 Å². The molecular formula is C16H25N3O3. The molecule has 0 radical (unpaired) electrons. The lowest BCUT2D eigenvalue weighted by atomic mass is 10.1. The number of furan rings is 1. The third-order valence-corrected chi connectivity index (χ3v) is 4.00. The molecule has 1 aromatic heterocycles. The number of unbranched alkanes of at least 4 members (excludes halogenated alkanes) is 3. The van der Waals surface area contributed by atoms with Crippen LogP contribution in [0.3, 0.4) is 0 Å². The average molecular weight is 307 g/mol. The van der Waals surface area contributed by atoms with E-state index in [9.17, 15) is 9.59 Å². The van der Waals surface area contributed by atoms with Gasteiger partial charge in [-0.15, -0.1) is 0 Å². The Morgan fingerprint density at radius 2 is 1.73 bits per heavy atom. The first-order chi connectivity index (χ1) is 10.7. The molecular weight excluding hydrogens is 282 g/mol. The van der Waals surface area contributed by atoms with Gasteiger partial charge in [-0.2, -0.15) is 0 Å². The number of amides is 2. The first-order valence-corrected chi connectivity index (χ1v) is 8.03. The zero-order valence-electron chi connectivity index (χ0n) is 13.0. The summed E-state index contributed by atoms with van der Waals surface area (Å²) in [6.45, 7) is 3.07. The molecule has 6 heteroatoms. The molecule has 122 valence electrons. The molecule has 1 aliphatic rings. The molecule has 0 atom stereocenters. The van der Waals surface area contributed by atoms with E-state index in [1.807, 2.05) is 4.90 Å². The molecule has 1 saturated heterocycles. The van der Waals surface area contributed by atoms with Crippen molar-refractivity contribution in [3.05, 3.63) is 24.2 Å². The van der Waals surface area contributed by atoms with Gasteiger partial charge in [-0.25, -0.2) is 0 Å². The number of hydrogen-bond donors (Lipinski definition) is 1. The maximum atomic E-state index is 12.1.